The van der Waals surface area contributed by atoms with Gasteiger partial charge in [-0.25, -0.2) is 14.2 Å². The molecular weight excluding hydrogens is 377 g/mol. The molecule has 3 aromatic rings. The zero-order valence-corrected chi connectivity index (χ0v) is 14.3. The lowest BCUT2D eigenvalue weighted by Crippen LogP contribution is -2.08. The fourth-order valence-corrected chi connectivity index (χ4v) is 2.49. The van der Waals surface area contributed by atoms with Gasteiger partial charge in [0.25, 0.3) is 0 Å². The Bertz CT molecular complexity index is 877. The minimum absolute atomic E-state index is 0.0903. The van der Waals surface area contributed by atoms with Crippen LogP contribution < -0.4 is 0 Å². The highest BCUT2D eigenvalue weighted by Crippen LogP contribution is 2.22. The molecule has 24 heavy (non-hydrogen) atoms. The van der Waals surface area contributed by atoms with Crippen molar-refractivity contribution in [2.75, 3.05) is 0 Å². The van der Waals surface area contributed by atoms with Crippen molar-refractivity contribution in [3.8, 4) is 11.5 Å². The van der Waals surface area contributed by atoms with Crippen LogP contribution >= 0.6 is 15.9 Å². The first-order chi connectivity index (χ1) is 11.5. The summed E-state index contributed by atoms with van der Waals surface area (Å²) >= 11 is 3.20. The van der Waals surface area contributed by atoms with Crippen LogP contribution in [0.25, 0.3) is 11.5 Å². The fraction of sp³-hybridized carbons (Fsp3) is 0.111. The van der Waals surface area contributed by atoms with Crippen molar-refractivity contribution < 1.29 is 18.3 Å². The zero-order valence-electron chi connectivity index (χ0n) is 12.8. The van der Waals surface area contributed by atoms with Crippen molar-refractivity contribution in [3.63, 3.8) is 0 Å². The van der Waals surface area contributed by atoms with E-state index >= 15 is 0 Å². The van der Waals surface area contributed by atoms with E-state index in [9.17, 15) is 9.18 Å². The van der Waals surface area contributed by atoms with Gasteiger partial charge in [0.2, 0.25) is 5.89 Å². The molecule has 0 bridgehead atoms. The van der Waals surface area contributed by atoms with Gasteiger partial charge in [0.15, 0.2) is 0 Å². The first kappa shape index (κ1) is 16.4. The van der Waals surface area contributed by atoms with Gasteiger partial charge in [-0.15, -0.1) is 0 Å². The van der Waals surface area contributed by atoms with Gasteiger partial charge in [0, 0.05) is 10.0 Å². The number of carbonyl (C=O) groups is 1. The van der Waals surface area contributed by atoms with Crippen molar-refractivity contribution in [3.05, 3.63) is 75.8 Å². The normalized spacial score (nSPS) is 10.6. The van der Waals surface area contributed by atoms with Crippen molar-refractivity contribution >= 4 is 21.9 Å². The Morgan fingerprint density at radius 3 is 2.75 bits per heavy atom. The molecule has 0 atom stereocenters. The van der Waals surface area contributed by atoms with E-state index in [1.807, 2.05) is 30.3 Å². The second-order valence-electron chi connectivity index (χ2n) is 5.09. The molecule has 0 N–H and O–H groups in total. The minimum Gasteiger partial charge on any atom is -0.455 e. The molecule has 1 heterocycles. The Labute approximate surface area is 146 Å². The Kier molecular flexibility index (Phi) is 4.76. The number of oxazole rings is 1. The SMILES string of the molecule is Cc1oc(-c2ccccc2)nc1COC(=O)c1cc(Br)ccc1F. The summed E-state index contributed by atoms with van der Waals surface area (Å²) in [6.07, 6.45) is 0. The average Bonchev–Trinajstić information content (AvgIpc) is 2.96. The summed E-state index contributed by atoms with van der Waals surface area (Å²) in [7, 11) is 0. The molecule has 0 saturated heterocycles. The van der Waals surface area contributed by atoms with Crippen LogP contribution in [0.5, 0.6) is 0 Å². The Hall–Kier alpha value is -2.47. The van der Waals surface area contributed by atoms with E-state index in [0.717, 1.165) is 5.56 Å². The summed E-state index contributed by atoms with van der Waals surface area (Å²) < 4.78 is 25.0. The van der Waals surface area contributed by atoms with Crippen molar-refractivity contribution in [1.29, 1.82) is 0 Å². The van der Waals surface area contributed by atoms with Crippen LogP contribution in [0, 0.1) is 12.7 Å². The van der Waals surface area contributed by atoms with E-state index in [-0.39, 0.29) is 12.2 Å². The van der Waals surface area contributed by atoms with E-state index in [4.69, 9.17) is 9.15 Å². The maximum atomic E-state index is 13.7. The lowest BCUT2D eigenvalue weighted by Gasteiger charge is -2.04. The average molecular weight is 390 g/mol. The predicted octanol–water partition coefficient (Wildman–Crippen LogP) is 4.91. The molecule has 0 aliphatic carbocycles. The molecule has 0 spiro atoms. The van der Waals surface area contributed by atoms with Crippen LogP contribution in [0.2, 0.25) is 0 Å². The van der Waals surface area contributed by atoms with Gasteiger partial charge in [0.05, 0.1) is 5.56 Å². The molecule has 0 unspecified atom stereocenters. The minimum atomic E-state index is -0.752. The van der Waals surface area contributed by atoms with Gasteiger partial charge < -0.3 is 9.15 Å². The number of nitrogens with zero attached hydrogens (tertiary/aromatic N) is 1. The number of hydrogen-bond donors (Lipinski definition) is 0. The highest BCUT2D eigenvalue weighted by molar-refractivity contribution is 9.10. The quantitative estimate of drug-likeness (QED) is 0.594. The predicted molar refractivity (Wildman–Crippen MR) is 89.9 cm³/mol. The standard InChI is InChI=1S/C18H13BrFNO3/c1-11-16(21-17(24-11)12-5-3-2-4-6-12)10-23-18(22)14-9-13(19)7-8-15(14)20/h2-9H,10H2,1H3. The number of carbonyl (C=O) groups excluding carboxylic acids is 1. The van der Waals surface area contributed by atoms with Gasteiger partial charge in [-0.05, 0) is 37.3 Å². The van der Waals surface area contributed by atoms with E-state index in [2.05, 4.69) is 20.9 Å². The van der Waals surface area contributed by atoms with Gasteiger partial charge in [-0.1, -0.05) is 34.1 Å². The maximum absolute atomic E-state index is 13.7. The molecular formula is C18H13BrFNO3. The first-order valence-corrected chi connectivity index (χ1v) is 7.98. The second kappa shape index (κ2) is 6.97. The summed E-state index contributed by atoms with van der Waals surface area (Å²) in [6.45, 7) is 1.65. The molecule has 6 heteroatoms. The van der Waals surface area contributed by atoms with Gasteiger partial charge in [0.1, 0.15) is 23.9 Å². The summed E-state index contributed by atoms with van der Waals surface area (Å²) in [5, 5.41) is 0. The second-order valence-corrected chi connectivity index (χ2v) is 6.00. The lowest BCUT2D eigenvalue weighted by molar-refractivity contribution is 0.0461. The van der Waals surface area contributed by atoms with Gasteiger partial charge in [-0.2, -0.15) is 0 Å². The number of halogens is 2. The van der Waals surface area contributed by atoms with Crippen molar-refractivity contribution in [2.24, 2.45) is 0 Å². The van der Waals surface area contributed by atoms with Crippen LogP contribution in [0.3, 0.4) is 0 Å². The molecule has 0 saturated carbocycles. The van der Waals surface area contributed by atoms with Crippen LogP contribution in [0.1, 0.15) is 21.8 Å². The molecule has 3 rings (SSSR count). The Morgan fingerprint density at radius 2 is 2.00 bits per heavy atom. The number of esters is 1. The number of benzene rings is 2. The molecule has 0 aliphatic heterocycles. The third-order valence-corrected chi connectivity index (χ3v) is 3.89. The van der Waals surface area contributed by atoms with E-state index in [0.29, 0.717) is 21.8 Å². The molecule has 0 radical (unpaired) electrons. The van der Waals surface area contributed by atoms with Crippen molar-refractivity contribution in [2.45, 2.75) is 13.5 Å². The number of hydrogen-bond acceptors (Lipinski definition) is 4. The third kappa shape index (κ3) is 3.54. The largest absolute Gasteiger partial charge is 0.455 e. The number of aryl methyl sites for hydroxylation is 1. The number of ether oxygens (including phenoxy) is 1. The highest BCUT2D eigenvalue weighted by Gasteiger charge is 2.17. The Balaban J connectivity index is 1.74. The fourth-order valence-electron chi connectivity index (χ4n) is 2.13. The van der Waals surface area contributed by atoms with Crippen LogP contribution in [0.4, 0.5) is 4.39 Å². The molecule has 4 nitrogen and oxygen atoms in total. The number of aromatic nitrogens is 1. The van der Waals surface area contributed by atoms with Crippen molar-refractivity contribution in [1.82, 2.24) is 4.98 Å². The Morgan fingerprint density at radius 1 is 1.25 bits per heavy atom. The van der Waals surface area contributed by atoms with E-state index in [1.54, 1.807) is 6.92 Å². The highest BCUT2D eigenvalue weighted by atomic mass is 79.9. The molecule has 122 valence electrons. The first-order valence-electron chi connectivity index (χ1n) is 7.18. The van der Waals surface area contributed by atoms with Crippen LogP contribution in [0.15, 0.2) is 57.4 Å². The van der Waals surface area contributed by atoms with Crippen LogP contribution in [-0.4, -0.2) is 11.0 Å². The monoisotopic (exact) mass is 389 g/mol. The summed E-state index contributed by atoms with van der Waals surface area (Å²) in [5.74, 6) is -0.383. The van der Waals surface area contributed by atoms with Gasteiger partial charge >= 0.3 is 5.97 Å². The molecule has 1 aromatic heterocycles. The molecule has 2 aromatic carbocycles. The molecule has 0 fully saturated rings. The third-order valence-electron chi connectivity index (χ3n) is 3.40. The lowest BCUT2D eigenvalue weighted by atomic mass is 10.2. The van der Waals surface area contributed by atoms with E-state index in [1.165, 1.54) is 18.2 Å². The molecule has 0 aliphatic rings. The summed E-state index contributed by atoms with van der Waals surface area (Å²) in [5.41, 5.74) is 1.20. The van der Waals surface area contributed by atoms with Crippen LogP contribution in [-0.2, 0) is 11.3 Å². The van der Waals surface area contributed by atoms with Gasteiger partial charge in [-0.3, -0.25) is 0 Å². The number of rotatable bonds is 4. The smallest absolute Gasteiger partial charge is 0.341 e. The summed E-state index contributed by atoms with van der Waals surface area (Å²) in [6, 6.07) is 13.5. The molecule has 0 amide bonds. The zero-order chi connectivity index (χ0) is 17.1. The maximum Gasteiger partial charge on any atom is 0.341 e. The summed E-state index contributed by atoms with van der Waals surface area (Å²) in [4.78, 5) is 16.4. The topological polar surface area (TPSA) is 52.3 Å². The van der Waals surface area contributed by atoms with E-state index < -0.39 is 11.8 Å².